The summed E-state index contributed by atoms with van der Waals surface area (Å²) in [7, 11) is 0. The van der Waals surface area contributed by atoms with Crippen LogP contribution in [0.15, 0.2) is 0 Å². The smallest absolute Gasteiger partial charge is 0.410 e. The van der Waals surface area contributed by atoms with E-state index in [2.05, 4.69) is 0 Å². The third-order valence-electron chi connectivity index (χ3n) is 3.39. The lowest BCUT2D eigenvalue weighted by atomic mass is 9.89. The Bertz CT molecular complexity index is 370. The number of carbonyl (C=O) groups excluding carboxylic acids is 2. The minimum absolute atomic E-state index is 0.0801. The average molecular weight is 303 g/mol. The molecule has 0 radical (unpaired) electrons. The van der Waals surface area contributed by atoms with Gasteiger partial charge in [0.1, 0.15) is 11.3 Å². The van der Waals surface area contributed by atoms with Crippen molar-refractivity contribution in [3.63, 3.8) is 0 Å². The van der Waals surface area contributed by atoms with Gasteiger partial charge in [0, 0.05) is 19.5 Å². The molecule has 0 aromatic heterocycles. The van der Waals surface area contributed by atoms with Crippen molar-refractivity contribution < 1.29 is 23.5 Å². The molecule has 0 saturated carbocycles. The Labute approximate surface area is 125 Å². The number of nitrogens with zero attached hydrogens (tertiary/aromatic N) is 1. The summed E-state index contributed by atoms with van der Waals surface area (Å²) in [5.41, 5.74) is -1.95. The van der Waals surface area contributed by atoms with Gasteiger partial charge in [0.25, 0.3) is 0 Å². The van der Waals surface area contributed by atoms with Crippen LogP contribution in [0.25, 0.3) is 0 Å². The van der Waals surface area contributed by atoms with Gasteiger partial charge in [0.15, 0.2) is 0 Å². The molecule has 1 amide bonds. The molecule has 0 atom stereocenters. The van der Waals surface area contributed by atoms with E-state index in [1.807, 2.05) is 0 Å². The van der Waals surface area contributed by atoms with Gasteiger partial charge in [-0.3, -0.25) is 4.79 Å². The molecule has 122 valence electrons. The Morgan fingerprint density at radius 3 is 2.29 bits per heavy atom. The van der Waals surface area contributed by atoms with E-state index in [1.165, 1.54) is 4.90 Å². The van der Waals surface area contributed by atoms with Crippen LogP contribution in [-0.2, 0) is 14.3 Å². The highest BCUT2D eigenvalue weighted by Crippen LogP contribution is 2.31. The van der Waals surface area contributed by atoms with Crippen molar-refractivity contribution in [2.75, 3.05) is 19.7 Å². The summed E-state index contributed by atoms with van der Waals surface area (Å²) < 4.78 is 24.6. The predicted molar refractivity (Wildman–Crippen MR) is 76.7 cm³/mol. The maximum absolute atomic E-state index is 14.6. The van der Waals surface area contributed by atoms with Gasteiger partial charge in [-0.1, -0.05) is 0 Å². The molecular weight excluding hydrogens is 277 g/mol. The summed E-state index contributed by atoms with van der Waals surface area (Å²) in [6.45, 7) is 8.06. The number of piperidine rings is 1. The van der Waals surface area contributed by atoms with E-state index in [0.29, 0.717) is 19.7 Å². The Balaban J connectivity index is 2.40. The zero-order chi connectivity index (χ0) is 16.1. The molecule has 6 heteroatoms. The number of hydrogen-bond donors (Lipinski definition) is 0. The maximum atomic E-state index is 14.6. The van der Waals surface area contributed by atoms with Gasteiger partial charge in [-0.25, -0.2) is 9.18 Å². The fraction of sp³-hybridized carbons (Fsp3) is 0.867. The van der Waals surface area contributed by atoms with E-state index >= 15 is 0 Å². The Morgan fingerprint density at radius 1 is 1.24 bits per heavy atom. The molecule has 1 saturated heterocycles. The summed E-state index contributed by atoms with van der Waals surface area (Å²) in [5, 5.41) is 0. The Hall–Kier alpha value is -1.33. The molecule has 1 heterocycles. The van der Waals surface area contributed by atoms with Gasteiger partial charge in [0.05, 0.1) is 6.61 Å². The summed E-state index contributed by atoms with van der Waals surface area (Å²) in [4.78, 5) is 24.7. The molecule has 5 nitrogen and oxygen atoms in total. The first-order valence-corrected chi connectivity index (χ1v) is 7.48. The van der Waals surface area contributed by atoms with Crippen LogP contribution in [0.3, 0.4) is 0 Å². The van der Waals surface area contributed by atoms with Crippen LogP contribution in [-0.4, -0.2) is 47.9 Å². The number of carbonyl (C=O) groups is 2. The molecular formula is C15H26FNO4. The van der Waals surface area contributed by atoms with Crippen LogP contribution in [0.1, 0.15) is 53.4 Å². The first-order valence-electron chi connectivity index (χ1n) is 7.48. The lowest BCUT2D eigenvalue weighted by molar-refractivity contribution is -0.144. The van der Waals surface area contributed by atoms with Gasteiger partial charge in [-0.15, -0.1) is 0 Å². The molecule has 1 fully saturated rings. The molecule has 0 bridgehead atoms. The van der Waals surface area contributed by atoms with Crippen LogP contribution < -0.4 is 0 Å². The number of hydrogen-bond acceptors (Lipinski definition) is 4. The number of esters is 1. The second kappa shape index (κ2) is 7.09. The van der Waals surface area contributed by atoms with Crippen LogP contribution in [0.4, 0.5) is 9.18 Å². The van der Waals surface area contributed by atoms with Crippen LogP contribution >= 0.6 is 0 Å². The van der Waals surface area contributed by atoms with Gasteiger partial charge >= 0.3 is 12.1 Å². The highest BCUT2D eigenvalue weighted by molar-refractivity contribution is 5.69. The van der Waals surface area contributed by atoms with Crippen molar-refractivity contribution >= 4 is 12.1 Å². The SMILES string of the molecule is CCOC(=O)CCC1(F)CCN(C(=O)OC(C)(C)C)CC1. The quantitative estimate of drug-likeness (QED) is 0.749. The highest BCUT2D eigenvalue weighted by atomic mass is 19.1. The monoisotopic (exact) mass is 303 g/mol. The van der Waals surface area contributed by atoms with E-state index in [4.69, 9.17) is 9.47 Å². The first kappa shape index (κ1) is 17.7. The lowest BCUT2D eigenvalue weighted by Gasteiger charge is -2.36. The maximum Gasteiger partial charge on any atom is 0.410 e. The number of rotatable bonds is 4. The van der Waals surface area contributed by atoms with Crippen molar-refractivity contribution in [2.24, 2.45) is 0 Å². The second-order valence-electron chi connectivity index (χ2n) is 6.42. The van der Waals surface area contributed by atoms with Crippen LogP contribution in [0.2, 0.25) is 0 Å². The van der Waals surface area contributed by atoms with Crippen molar-refractivity contribution in [3.05, 3.63) is 0 Å². The van der Waals surface area contributed by atoms with Gasteiger partial charge < -0.3 is 14.4 Å². The molecule has 1 aliphatic heterocycles. The topological polar surface area (TPSA) is 55.8 Å². The first-order chi connectivity index (χ1) is 9.65. The van der Waals surface area contributed by atoms with Gasteiger partial charge in [0.2, 0.25) is 0 Å². The molecule has 1 rings (SSSR count). The lowest BCUT2D eigenvalue weighted by Crippen LogP contribution is -2.46. The number of amides is 1. The van der Waals surface area contributed by atoms with E-state index in [1.54, 1.807) is 27.7 Å². The summed E-state index contributed by atoms with van der Waals surface area (Å²) in [6.07, 6.45) is 0.275. The van der Waals surface area contributed by atoms with E-state index in [9.17, 15) is 14.0 Å². The van der Waals surface area contributed by atoms with Crippen LogP contribution in [0.5, 0.6) is 0 Å². The fourth-order valence-corrected chi connectivity index (χ4v) is 2.23. The second-order valence-corrected chi connectivity index (χ2v) is 6.42. The normalized spacial score (nSPS) is 18.2. The van der Waals surface area contributed by atoms with Crippen molar-refractivity contribution in [2.45, 2.75) is 64.6 Å². The van der Waals surface area contributed by atoms with Crippen molar-refractivity contribution in [1.29, 1.82) is 0 Å². The fourth-order valence-electron chi connectivity index (χ4n) is 2.23. The van der Waals surface area contributed by atoms with Crippen molar-refractivity contribution in [3.8, 4) is 0 Å². The number of halogens is 1. The zero-order valence-electron chi connectivity index (χ0n) is 13.4. The molecule has 0 aliphatic carbocycles. The van der Waals surface area contributed by atoms with Gasteiger partial charge in [-0.2, -0.15) is 0 Å². The highest BCUT2D eigenvalue weighted by Gasteiger charge is 2.37. The summed E-state index contributed by atoms with van der Waals surface area (Å²) in [5.74, 6) is -0.371. The predicted octanol–water partition coefficient (Wildman–Crippen LogP) is 3.07. The minimum atomic E-state index is -1.40. The molecule has 21 heavy (non-hydrogen) atoms. The molecule has 0 spiro atoms. The standard InChI is InChI=1S/C15H26FNO4/c1-5-20-12(18)6-7-15(16)8-10-17(11-9-15)13(19)21-14(2,3)4/h5-11H2,1-4H3. The van der Waals surface area contributed by atoms with Gasteiger partial charge in [-0.05, 0) is 47.0 Å². The Kier molecular flexibility index (Phi) is 5.98. The Morgan fingerprint density at radius 2 is 1.81 bits per heavy atom. The molecule has 0 aromatic rings. The number of alkyl halides is 1. The average Bonchev–Trinajstić information content (AvgIpc) is 2.36. The van der Waals surface area contributed by atoms with Crippen LogP contribution in [0, 0.1) is 0 Å². The number of ether oxygens (including phenoxy) is 2. The molecule has 0 N–H and O–H groups in total. The largest absolute Gasteiger partial charge is 0.466 e. The van der Waals surface area contributed by atoms with Crippen molar-refractivity contribution in [1.82, 2.24) is 4.90 Å². The summed E-state index contributed by atoms with van der Waals surface area (Å²) >= 11 is 0. The third-order valence-corrected chi connectivity index (χ3v) is 3.39. The van der Waals surface area contributed by atoms with E-state index in [-0.39, 0.29) is 31.7 Å². The minimum Gasteiger partial charge on any atom is -0.466 e. The molecule has 0 unspecified atom stereocenters. The third kappa shape index (κ3) is 6.31. The number of likely N-dealkylation sites (tertiary alicyclic amines) is 1. The molecule has 1 aliphatic rings. The molecule has 0 aromatic carbocycles. The zero-order valence-corrected chi connectivity index (χ0v) is 13.4. The van der Waals surface area contributed by atoms with E-state index < -0.39 is 17.4 Å². The summed E-state index contributed by atoms with van der Waals surface area (Å²) in [6, 6.07) is 0. The van der Waals surface area contributed by atoms with E-state index in [0.717, 1.165) is 0 Å².